The molecule has 0 bridgehead atoms. The van der Waals surface area contributed by atoms with Crippen molar-refractivity contribution in [1.82, 2.24) is 5.32 Å². The minimum absolute atomic E-state index is 0.148. The maximum absolute atomic E-state index is 13.0. The average molecular weight is 255 g/mol. The van der Waals surface area contributed by atoms with Gasteiger partial charge in [0.25, 0.3) is 6.43 Å². The minimum Gasteiger partial charge on any atom is -0.497 e. The van der Waals surface area contributed by atoms with E-state index in [1.165, 1.54) is 6.07 Å². The molecule has 2 nitrogen and oxygen atoms in total. The van der Waals surface area contributed by atoms with E-state index in [2.05, 4.69) is 5.32 Å². The molecule has 0 spiro atoms. The van der Waals surface area contributed by atoms with Crippen LogP contribution >= 0.6 is 0 Å². The van der Waals surface area contributed by atoms with Crippen molar-refractivity contribution in [3.63, 3.8) is 0 Å². The number of halogens is 2. The smallest absolute Gasteiger partial charge is 0.264 e. The zero-order valence-electron chi connectivity index (χ0n) is 10.6. The van der Waals surface area contributed by atoms with Gasteiger partial charge in [0.2, 0.25) is 0 Å². The first-order chi connectivity index (χ1) is 8.70. The first-order valence-electron chi connectivity index (χ1n) is 6.36. The van der Waals surface area contributed by atoms with Crippen molar-refractivity contribution in [2.75, 3.05) is 20.2 Å². The van der Waals surface area contributed by atoms with E-state index in [1.54, 1.807) is 19.2 Å². The van der Waals surface area contributed by atoms with Crippen LogP contribution in [0.4, 0.5) is 8.78 Å². The molecule has 0 aromatic heterocycles. The Hall–Kier alpha value is -1.16. The van der Waals surface area contributed by atoms with E-state index in [1.807, 2.05) is 0 Å². The molecule has 0 saturated carbocycles. The molecular weight excluding hydrogens is 236 g/mol. The number of benzene rings is 1. The highest BCUT2D eigenvalue weighted by Gasteiger charge is 2.19. The van der Waals surface area contributed by atoms with E-state index < -0.39 is 6.43 Å². The van der Waals surface area contributed by atoms with Gasteiger partial charge < -0.3 is 10.1 Å². The first-order valence-corrected chi connectivity index (χ1v) is 6.36. The molecule has 1 aliphatic heterocycles. The molecule has 18 heavy (non-hydrogen) atoms. The molecule has 1 fully saturated rings. The summed E-state index contributed by atoms with van der Waals surface area (Å²) in [5.41, 5.74) is 0.880. The third-order valence-corrected chi connectivity index (χ3v) is 3.55. The lowest BCUT2D eigenvalue weighted by Crippen LogP contribution is -2.28. The zero-order valence-corrected chi connectivity index (χ0v) is 10.6. The Labute approximate surface area is 106 Å². The number of rotatable bonds is 4. The van der Waals surface area contributed by atoms with Crippen LogP contribution in [0.1, 0.15) is 30.4 Å². The average Bonchev–Trinajstić information content (AvgIpc) is 2.39. The summed E-state index contributed by atoms with van der Waals surface area (Å²) in [4.78, 5) is 0. The number of hydrogen-bond donors (Lipinski definition) is 1. The quantitative estimate of drug-likeness (QED) is 0.892. The zero-order chi connectivity index (χ0) is 13.0. The van der Waals surface area contributed by atoms with Gasteiger partial charge in [0.05, 0.1) is 7.11 Å². The molecule has 0 unspecified atom stereocenters. The highest BCUT2D eigenvalue weighted by atomic mass is 19.3. The van der Waals surface area contributed by atoms with E-state index in [9.17, 15) is 8.78 Å². The van der Waals surface area contributed by atoms with E-state index in [4.69, 9.17) is 4.74 Å². The van der Waals surface area contributed by atoms with Crippen LogP contribution in [-0.2, 0) is 6.42 Å². The van der Waals surface area contributed by atoms with Gasteiger partial charge in [0.1, 0.15) is 5.75 Å². The minimum atomic E-state index is -2.41. The Morgan fingerprint density at radius 3 is 2.67 bits per heavy atom. The summed E-state index contributed by atoms with van der Waals surface area (Å²) in [5.74, 6) is 1.15. The van der Waals surface area contributed by atoms with Gasteiger partial charge in [-0.15, -0.1) is 0 Å². The maximum Gasteiger partial charge on any atom is 0.264 e. The molecule has 4 heteroatoms. The molecular formula is C14H19F2NO. The number of ether oxygens (including phenoxy) is 1. The van der Waals surface area contributed by atoms with Gasteiger partial charge in [-0.1, -0.05) is 0 Å². The monoisotopic (exact) mass is 255 g/mol. The number of nitrogens with one attached hydrogen (secondary N) is 1. The summed E-state index contributed by atoms with van der Waals surface area (Å²) in [6, 6.07) is 4.84. The van der Waals surface area contributed by atoms with Crippen LogP contribution in [0.2, 0.25) is 0 Å². The largest absolute Gasteiger partial charge is 0.497 e. The predicted octanol–water partition coefficient (Wildman–Crippen LogP) is 3.17. The standard InChI is InChI=1S/C14H19F2NO/c1-18-12-2-3-13(14(15)16)11(9-12)8-10-4-6-17-7-5-10/h2-3,9-10,14,17H,4-8H2,1H3. The van der Waals surface area contributed by atoms with E-state index in [0.717, 1.165) is 37.9 Å². The second-order valence-electron chi connectivity index (χ2n) is 4.76. The molecule has 0 atom stereocenters. The van der Waals surface area contributed by atoms with Gasteiger partial charge in [-0.05, 0) is 62.0 Å². The second kappa shape index (κ2) is 6.14. The van der Waals surface area contributed by atoms with Crippen molar-refractivity contribution in [3.8, 4) is 5.75 Å². The first kappa shape index (κ1) is 13.3. The molecule has 0 radical (unpaired) electrons. The fraction of sp³-hybridized carbons (Fsp3) is 0.571. The Morgan fingerprint density at radius 1 is 1.33 bits per heavy atom. The van der Waals surface area contributed by atoms with Gasteiger partial charge in [0, 0.05) is 5.56 Å². The van der Waals surface area contributed by atoms with Gasteiger partial charge in [-0.3, -0.25) is 0 Å². The molecule has 2 rings (SSSR count). The van der Waals surface area contributed by atoms with Gasteiger partial charge in [0.15, 0.2) is 0 Å². The Morgan fingerprint density at radius 2 is 2.06 bits per heavy atom. The summed E-state index contributed by atoms with van der Waals surface area (Å²) >= 11 is 0. The van der Waals surface area contributed by atoms with Gasteiger partial charge in [-0.25, -0.2) is 8.78 Å². The van der Waals surface area contributed by atoms with E-state index in [-0.39, 0.29) is 5.56 Å². The van der Waals surface area contributed by atoms with Crippen molar-refractivity contribution in [2.24, 2.45) is 5.92 Å². The van der Waals surface area contributed by atoms with Crippen LogP contribution in [0.3, 0.4) is 0 Å². The summed E-state index contributed by atoms with van der Waals surface area (Å²) < 4.78 is 31.0. The summed E-state index contributed by atoms with van der Waals surface area (Å²) in [5, 5.41) is 3.29. The SMILES string of the molecule is COc1ccc(C(F)F)c(CC2CCNCC2)c1. The number of methoxy groups -OCH3 is 1. The Kier molecular flexibility index (Phi) is 4.53. The van der Waals surface area contributed by atoms with Crippen molar-refractivity contribution in [1.29, 1.82) is 0 Å². The molecule has 0 amide bonds. The van der Waals surface area contributed by atoms with Crippen LogP contribution in [0, 0.1) is 5.92 Å². The maximum atomic E-state index is 13.0. The number of hydrogen-bond acceptors (Lipinski definition) is 2. The van der Waals surface area contributed by atoms with E-state index in [0.29, 0.717) is 11.7 Å². The molecule has 0 aliphatic carbocycles. The molecule has 1 N–H and O–H groups in total. The molecule has 1 saturated heterocycles. The van der Waals surface area contributed by atoms with Crippen LogP contribution in [0.15, 0.2) is 18.2 Å². The molecule has 1 heterocycles. The van der Waals surface area contributed by atoms with Gasteiger partial charge >= 0.3 is 0 Å². The number of piperidine rings is 1. The lowest BCUT2D eigenvalue weighted by molar-refractivity contribution is 0.149. The summed E-state index contributed by atoms with van der Waals surface area (Å²) in [6.45, 7) is 1.97. The van der Waals surface area contributed by atoms with Crippen LogP contribution < -0.4 is 10.1 Å². The highest BCUT2D eigenvalue weighted by Crippen LogP contribution is 2.30. The normalized spacial score (nSPS) is 17.1. The fourth-order valence-corrected chi connectivity index (χ4v) is 2.50. The predicted molar refractivity (Wildman–Crippen MR) is 67.2 cm³/mol. The lowest BCUT2D eigenvalue weighted by Gasteiger charge is -2.23. The molecule has 1 aliphatic rings. The highest BCUT2D eigenvalue weighted by molar-refractivity contribution is 5.36. The third kappa shape index (κ3) is 3.19. The molecule has 1 aromatic carbocycles. The molecule has 100 valence electrons. The fourth-order valence-electron chi connectivity index (χ4n) is 2.50. The van der Waals surface area contributed by atoms with Crippen molar-refractivity contribution < 1.29 is 13.5 Å². The Bertz CT molecular complexity index is 389. The number of alkyl halides is 2. The Balaban J connectivity index is 2.17. The summed E-state index contributed by atoms with van der Waals surface area (Å²) in [7, 11) is 1.56. The topological polar surface area (TPSA) is 21.3 Å². The van der Waals surface area contributed by atoms with E-state index >= 15 is 0 Å². The van der Waals surface area contributed by atoms with Crippen LogP contribution in [0.5, 0.6) is 5.75 Å². The lowest BCUT2D eigenvalue weighted by atomic mass is 9.89. The van der Waals surface area contributed by atoms with Crippen LogP contribution in [0.25, 0.3) is 0 Å². The summed E-state index contributed by atoms with van der Waals surface area (Å²) in [6.07, 6.45) is 0.422. The third-order valence-electron chi connectivity index (χ3n) is 3.55. The second-order valence-corrected chi connectivity index (χ2v) is 4.76. The van der Waals surface area contributed by atoms with Crippen molar-refractivity contribution in [2.45, 2.75) is 25.7 Å². The molecule has 1 aromatic rings. The van der Waals surface area contributed by atoms with Crippen molar-refractivity contribution >= 4 is 0 Å². The van der Waals surface area contributed by atoms with Crippen LogP contribution in [-0.4, -0.2) is 20.2 Å². The van der Waals surface area contributed by atoms with Gasteiger partial charge in [-0.2, -0.15) is 0 Å². The van der Waals surface area contributed by atoms with Crippen molar-refractivity contribution in [3.05, 3.63) is 29.3 Å².